The summed E-state index contributed by atoms with van der Waals surface area (Å²) in [5.41, 5.74) is 2.34. The van der Waals surface area contributed by atoms with Gasteiger partial charge in [-0.05, 0) is 50.6 Å². The zero-order valence-electron chi connectivity index (χ0n) is 16.7. The van der Waals surface area contributed by atoms with Gasteiger partial charge in [0, 0.05) is 63.4 Å². The largest absolute Gasteiger partial charge is 0.369 e. The Balaban J connectivity index is 1.35. The molecule has 1 N–H and O–H groups in total. The van der Waals surface area contributed by atoms with Crippen LogP contribution in [0.5, 0.6) is 0 Å². The lowest BCUT2D eigenvalue weighted by atomic mass is 10.0. The quantitative estimate of drug-likeness (QED) is 0.875. The van der Waals surface area contributed by atoms with Gasteiger partial charge in [-0.25, -0.2) is 14.4 Å². The summed E-state index contributed by atoms with van der Waals surface area (Å²) in [7, 11) is 2.19. The zero-order chi connectivity index (χ0) is 19.5. The highest BCUT2D eigenvalue weighted by molar-refractivity contribution is 5.60. The second kappa shape index (κ2) is 8.41. The second-order valence-corrected chi connectivity index (χ2v) is 7.93. The summed E-state index contributed by atoms with van der Waals surface area (Å²) in [6.07, 6.45) is 5.68. The van der Waals surface area contributed by atoms with Crippen molar-refractivity contribution < 1.29 is 4.39 Å². The van der Waals surface area contributed by atoms with Crippen LogP contribution in [0.1, 0.15) is 18.4 Å². The molecular formula is C21H29FN6. The number of hydrogen-bond acceptors (Lipinski definition) is 6. The molecule has 2 aromatic rings. The van der Waals surface area contributed by atoms with E-state index in [1.54, 1.807) is 12.4 Å². The highest BCUT2D eigenvalue weighted by atomic mass is 19.1. The minimum atomic E-state index is -0.199. The van der Waals surface area contributed by atoms with Crippen LogP contribution >= 0.6 is 0 Å². The number of aromatic nitrogens is 2. The molecule has 2 saturated heterocycles. The SMILES string of the molecule is Cc1cnc(Nc2ccc(N3CCC(N4CCN(C)CC4)CC3)c(F)c2)nc1. The number of piperazine rings is 1. The van der Waals surface area contributed by atoms with Crippen LogP contribution in [-0.2, 0) is 0 Å². The number of halogens is 1. The minimum absolute atomic E-state index is 0.199. The number of anilines is 3. The van der Waals surface area contributed by atoms with Crippen LogP contribution in [0.3, 0.4) is 0 Å². The lowest BCUT2D eigenvalue weighted by Gasteiger charge is -2.42. The van der Waals surface area contributed by atoms with E-state index < -0.39 is 0 Å². The molecule has 3 heterocycles. The predicted molar refractivity (Wildman–Crippen MR) is 111 cm³/mol. The van der Waals surface area contributed by atoms with Crippen molar-refractivity contribution in [3.05, 3.63) is 42.0 Å². The first-order valence-corrected chi connectivity index (χ1v) is 10.1. The van der Waals surface area contributed by atoms with E-state index >= 15 is 0 Å². The molecule has 4 rings (SSSR count). The van der Waals surface area contributed by atoms with Gasteiger partial charge in [-0.15, -0.1) is 0 Å². The first kappa shape index (κ1) is 19.1. The van der Waals surface area contributed by atoms with Gasteiger partial charge < -0.3 is 15.1 Å². The third-order valence-corrected chi connectivity index (χ3v) is 5.84. The molecule has 0 atom stereocenters. The summed E-state index contributed by atoms with van der Waals surface area (Å²) in [5.74, 6) is 0.279. The van der Waals surface area contributed by atoms with Gasteiger partial charge in [-0.2, -0.15) is 0 Å². The summed E-state index contributed by atoms with van der Waals surface area (Å²) < 4.78 is 14.8. The van der Waals surface area contributed by atoms with Gasteiger partial charge in [0.15, 0.2) is 0 Å². The lowest BCUT2D eigenvalue weighted by molar-refractivity contribution is 0.0981. The number of aryl methyl sites for hydroxylation is 1. The van der Waals surface area contributed by atoms with Crippen LogP contribution in [0.15, 0.2) is 30.6 Å². The molecule has 28 heavy (non-hydrogen) atoms. The number of likely N-dealkylation sites (N-methyl/N-ethyl adjacent to an activating group) is 1. The van der Waals surface area contributed by atoms with Crippen LogP contribution in [0.4, 0.5) is 21.7 Å². The Labute approximate surface area is 166 Å². The van der Waals surface area contributed by atoms with Crippen molar-refractivity contribution >= 4 is 17.3 Å². The summed E-state index contributed by atoms with van der Waals surface area (Å²) in [6.45, 7) is 8.34. The average molecular weight is 385 g/mol. The van der Waals surface area contributed by atoms with Gasteiger partial charge in [-0.1, -0.05) is 0 Å². The van der Waals surface area contributed by atoms with E-state index in [1.807, 2.05) is 19.1 Å². The Morgan fingerprint density at radius 3 is 2.32 bits per heavy atom. The molecule has 0 aliphatic carbocycles. The molecule has 7 heteroatoms. The summed E-state index contributed by atoms with van der Waals surface area (Å²) in [4.78, 5) is 15.6. The predicted octanol–water partition coefficient (Wildman–Crippen LogP) is 2.88. The van der Waals surface area contributed by atoms with Crippen molar-refractivity contribution in [3.8, 4) is 0 Å². The number of nitrogens with zero attached hydrogens (tertiary/aromatic N) is 5. The third kappa shape index (κ3) is 4.42. The molecule has 2 aliphatic rings. The molecular weight excluding hydrogens is 355 g/mol. The van der Waals surface area contributed by atoms with Crippen LogP contribution in [0.2, 0.25) is 0 Å². The number of nitrogens with one attached hydrogen (secondary N) is 1. The Kier molecular flexibility index (Phi) is 5.73. The summed E-state index contributed by atoms with van der Waals surface area (Å²) in [6, 6.07) is 5.93. The molecule has 1 aromatic carbocycles. The van der Waals surface area contributed by atoms with Gasteiger partial charge >= 0.3 is 0 Å². The fourth-order valence-electron chi connectivity index (χ4n) is 4.09. The lowest BCUT2D eigenvalue weighted by Crippen LogP contribution is -2.52. The van der Waals surface area contributed by atoms with Crippen LogP contribution in [0, 0.1) is 12.7 Å². The Morgan fingerprint density at radius 2 is 1.68 bits per heavy atom. The molecule has 2 aliphatic heterocycles. The fourth-order valence-corrected chi connectivity index (χ4v) is 4.09. The molecule has 0 bridgehead atoms. The van der Waals surface area contributed by atoms with Crippen LogP contribution in [-0.4, -0.2) is 72.1 Å². The maximum Gasteiger partial charge on any atom is 0.227 e. The summed E-state index contributed by atoms with van der Waals surface area (Å²) >= 11 is 0. The topological polar surface area (TPSA) is 47.5 Å². The molecule has 2 fully saturated rings. The Morgan fingerprint density at radius 1 is 1.00 bits per heavy atom. The van der Waals surface area contributed by atoms with E-state index in [0.29, 0.717) is 23.4 Å². The number of benzene rings is 1. The standard InChI is InChI=1S/C21H29FN6/c1-16-14-23-21(24-15-16)25-17-3-4-20(19(22)13-17)28-7-5-18(6-8-28)27-11-9-26(2)10-12-27/h3-4,13-15,18H,5-12H2,1-2H3,(H,23,24,25). The second-order valence-electron chi connectivity index (χ2n) is 7.93. The van der Waals surface area contributed by atoms with E-state index in [4.69, 9.17) is 0 Å². The number of rotatable bonds is 4. The molecule has 0 spiro atoms. The van der Waals surface area contributed by atoms with E-state index in [2.05, 4.69) is 37.0 Å². The van der Waals surface area contributed by atoms with Gasteiger partial charge in [0.2, 0.25) is 5.95 Å². The van der Waals surface area contributed by atoms with Crippen molar-refractivity contribution in [3.63, 3.8) is 0 Å². The first-order chi connectivity index (χ1) is 13.6. The van der Waals surface area contributed by atoms with E-state index in [-0.39, 0.29) is 5.82 Å². The highest BCUT2D eigenvalue weighted by Crippen LogP contribution is 2.28. The average Bonchev–Trinajstić information content (AvgIpc) is 2.71. The molecule has 0 unspecified atom stereocenters. The van der Waals surface area contributed by atoms with E-state index in [0.717, 1.165) is 57.7 Å². The molecule has 150 valence electrons. The van der Waals surface area contributed by atoms with Gasteiger partial charge in [0.05, 0.1) is 5.69 Å². The molecule has 1 aromatic heterocycles. The van der Waals surface area contributed by atoms with Crippen molar-refractivity contribution in [2.45, 2.75) is 25.8 Å². The Hall–Kier alpha value is -2.25. The number of piperidine rings is 1. The highest BCUT2D eigenvalue weighted by Gasteiger charge is 2.27. The van der Waals surface area contributed by atoms with Crippen molar-refractivity contribution in [1.82, 2.24) is 19.8 Å². The van der Waals surface area contributed by atoms with Gasteiger partial charge in [-0.3, -0.25) is 4.90 Å². The molecule has 6 nitrogen and oxygen atoms in total. The molecule has 0 saturated carbocycles. The normalized spacial score (nSPS) is 19.8. The van der Waals surface area contributed by atoms with Crippen molar-refractivity contribution in [1.29, 1.82) is 0 Å². The molecule has 0 radical (unpaired) electrons. The first-order valence-electron chi connectivity index (χ1n) is 10.1. The number of hydrogen-bond donors (Lipinski definition) is 1. The fraction of sp³-hybridized carbons (Fsp3) is 0.524. The van der Waals surface area contributed by atoms with Gasteiger partial charge in [0.25, 0.3) is 0 Å². The Bertz CT molecular complexity index is 780. The monoisotopic (exact) mass is 384 g/mol. The van der Waals surface area contributed by atoms with E-state index in [1.165, 1.54) is 6.07 Å². The van der Waals surface area contributed by atoms with Crippen LogP contribution in [0.25, 0.3) is 0 Å². The third-order valence-electron chi connectivity index (χ3n) is 5.84. The minimum Gasteiger partial charge on any atom is -0.369 e. The van der Waals surface area contributed by atoms with Crippen molar-refractivity contribution in [2.75, 3.05) is 56.5 Å². The van der Waals surface area contributed by atoms with Crippen molar-refractivity contribution in [2.24, 2.45) is 0 Å². The zero-order valence-corrected chi connectivity index (χ0v) is 16.7. The van der Waals surface area contributed by atoms with E-state index in [9.17, 15) is 4.39 Å². The van der Waals surface area contributed by atoms with Crippen LogP contribution < -0.4 is 10.2 Å². The molecule has 0 amide bonds. The summed E-state index contributed by atoms with van der Waals surface area (Å²) in [5, 5.41) is 3.06. The van der Waals surface area contributed by atoms with Gasteiger partial charge in [0.1, 0.15) is 5.82 Å². The maximum absolute atomic E-state index is 14.8. The maximum atomic E-state index is 14.8. The smallest absolute Gasteiger partial charge is 0.227 e.